The van der Waals surface area contributed by atoms with Crippen LogP contribution in [-0.2, 0) is 0 Å². The first-order valence-corrected chi connectivity index (χ1v) is 8.21. The van der Waals surface area contributed by atoms with Crippen molar-refractivity contribution in [2.24, 2.45) is 0 Å². The van der Waals surface area contributed by atoms with E-state index in [2.05, 4.69) is 0 Å². The van der Waals surface area contributed by atoms with Crippen molar-refractivity contribution in [3.05, 3.63) is 57.1 Å². The maximum atomic E-state index is 12.7. The Morgan fingerprint density at radius 1 is 0.929 bits per heavy atom. The predicted molar refractivity (Wildman–Crippen MR) is 104 cm³/mol. The van der Waals surface area contributed by atoms with Crippen LogP contribution < -0.4 is 18.9 Å². The summed E-state index contributed by atoms with van der Waals surface area (Å²) in [5, 5.41) is 11.0. The van der Waals surface area contributed by atoms with Crippen LogP contribution in [0.25, 0.3) is 6.08 Å². The van der Waals surface area contributed by atoms with Crippen LogP contribution in [0, 0.1) is 10.1 Å². The first kappa shape index (κ1) is 20.8. The van der Waals surface area contributed by atoms with Crippen molar-refractivity contribution in [1.29, 1.82) is 0 Å². The molecule has 0 aliphatic heterocycles. The molecular formula is C20H21NO7. The fourth-order valence-corrected chi connectivity index (χ4v) is 2.70. The average molecular weight is 387 g/mol. The molecule has 0 aliphatic rings. The molecule has 0 fully saturated rings. The normalized spacial score (nSPS) is 11.0. The lowest BCUT2D eigenvalue weighted by Crippen LogP contribution is -2.03. The zero-order valence-electron chi connectivity index (χ0n) is 16.3. The molecule has 28 heavy (non-hydrogen) atoms. The maximum Gasteiger partial charge on any atom is 0.310 e. The summed E-state index contributed by atoms with van der Waals surface area (Å²) in [6.07, 6.45) is 1.67. The van der Waals surface area contributed by atoms with Gasteiger partial charge in [-0.05, 0) is 48.4 Å². The third-order valence-corrected chi connectivity index (χ3v) is 4.07. The second-order valence-corrected chi connectivity index (χ2v) is 5.76. The Kier molecular flexibility index (Phi) is 6.59. The zero-order chi connectivity index (χ0) is 20.8. The van der Waals surface area contributed by atoms with Crippen LogP contribution in [0.2, 0.25) is 0 Å². The van der Waals surface area contributed by atoms with Crippen LogP contribution in [0.3, 0.4) is 0 Å². The molecule has 0 radical (unpaired) electrons. The van der Waals surface area contributed by atoms with Crippen LogP contribution in [0.1, 0.15) is 22.8 Å². The summed E-state index contributed by atoms with van der Waals surface area (Å²) < 4.78 is 20.9. The first-order valence-electron chi connectivity index (χ1n) is 8.21. The quantitative estimate of drug-likeness (QED) is 0.293. The highest BCUT2D eigenvalue weighted by Crippen LogP contribution is 2.39. The number of nitro groups is 1. The minimum absolute atomic E-state index is 0.0245. The number of ketones is 1. The molecule has 0 saturated heterocycles. The Hall–Kier alpha value is -3.55. The highest BCUT2D eigenvalue weighted by molar-refractivity contribution is 6.11. The fraction of sp³-hybridized carbons (Fsp3) is 0.250. The second kappa shape index (κ2) is 8.90. The Morgan fingerprint density at radius 2 is 1.50 bits per heavy atom. The Labute approximate surface area is 162 Å². The number of Topliss-reactive ketones (excluding diaryl/α,β-unsaturated/α-hetero) is 1. The molecule has 0 saturated carbocycles. The first-order chi connectivity index (χ1) is 13.4. The summed E-state index contributed by atoms with van der Waals surface area (Å²) in [6, 6.07) is 7.43. The lowest BCUT2D eigenvalue weighted by atomic mass is 10.0. The van der Waals surface area contributed by atoms with Gasteiger partial charge in [0.25, 0.3) is 0 Å². The Bertz CT molecular complexity index is 909. The monoisotopic (exact) mass is 387 g/mol. The standard InChI is InChI=1S/C20H21NO7/c1-12(8-13-9-17(26-3)20(28-5)18(10-13)27-4)19(22)14-6-7-15(21(23)24)16(11-14)25-2/h6-11H,1-5H3/b12-8+. The molecule has 2 aromatic carbocycles. The van der Waals surface area contributed by atoms with Gasteiger partial charge in [0.05, 0.1) is 33.4 Å². The van der Waals surface area contributed by atoms with E-state index >= 15 is 0 Å². The lowest BCUT2D eigenvalue weighted by Gasteiger charge is -2.13. The third-order valence-electron chi connectivity index (χ3n) is 4.07. The summed E-state index contributed by atoms with van der Waals surface area (Å²) in [7, 11) is 5.83. The molecule has 8 heteroatoms. The number of allylic oxidation sites excluding steroid dienone is 1. The maximum absolute atomic E-state index is 12.7. The third kappa shape index (κ3) is 4.22. The van der Waals surface area contributed by atoms with E-state index in [1.54, 1.807) is 25.1 Å². The minimum atomic E-state index is -0.564. The zero-order valence-corrected chi connectivity index (χ0v) is 16.3. The fourth-order valence-electron chi connectivity index (χ4n) is 2.70. The number of rotatable bonds is 8. The molecule has 0 bridgehead atoms. The molecule has 0 spiro atoms. The van der Waals surface area contributed by atoms with Crippen LogP contribution in [0.15, 0.2) is 35.9 Å². The van der Waals surface area contributed by atoms with Gasteiger partial charge >= 0.3 is 5.69 Å². The molecule has 0 atom stereocenters. The van der Waals surface area contributed by atoms with Gasteiger partial charge in [-0.15, -0.1) is 0 Å². The molecule has 0 aliphatic carbocycles. The van der Waals surface area contributed by atoms with Gasteiger partial charge in [0, 0.05) is 11.6 Å². The summed E-state index contributed by atoms with van der Waals surface area (Å²) in [4.78, 5) is 23.2. The van der Waals surface area contributed by atoms with Crippen molar-refractivity contribution in [3.8, 4) is 23.0 Å². The van der Waals surface area contributed by atoms with Crippen LogP contribution in [-0.4, -0.2) is 39.1 Å². The van der Waals surface area contributed by atoms with Gasteiger partial charge < -0.3 is 18.9 Å². The van der Waals surface area contributed by atoms with Gasteiger partial charge in [-0.3, -0.25) is 14.9 Å². The van der Waals surface area contributed by atoms with Crippen LogP contribution in [0.4, 0.5) is 5.69 Å². The van der Waals surface area contributed by atoms with E-state index in [1.807, 2.05) is 0 Å². The molecule has 8 nitrogen and oxygen atoms in total. The Balaban J connectivity index is 2.43. The number of methoxy groups -OCH3 is 4. The number of ether oxygens (including phenoxy) is 4. The predicted octanol–water partition coefficient (Wildman–Crippen LogP) is 3.92. The van der Waals surface area contributed by atoms with Crippen LogP contribution in [0.5, 0.6) is 23.0 Å². The van der Waals surface area contributed by atoms with E-state index in [-0.39, 0.29) is 22.8 Å². The summed E-state index contributed by atoms with van der Waals surface area (Å²) >= 11 is 0. The van der Waals surface area contributed by atoms with Crippen molar-refractivity contribution < 1.29 is 28.7 Å². The van der Waals surface area contributed by atoms with Crippen molar-refractivity contribution in [2.45, 2.75) is 6.92 Å². The van der Waals surface area contributed by atoms with E-state index < -0.39 is 4.92 Å². The van der Waals surface area contributed by atoms with Crippen molar-refractivity contribution in [3.63, 3.8) is 0 Å². The van der Waals surface area contributed by atoms with Crippen molar-refractivity contribution in [2.75, 3.05) is 28.4 Å². The molecule has 0 N–H and O–H groups in total. The van der Waals surface area contributed by atoms with Gasteiger partial charge in [-0.25, -0.2) is 0 Å². The molecule has 2 aromatic rings. The minimum Gasteiger partial charge on any atom is -0.493 e. The molecule has 0 unspecified atom stereocenters. The van der Waals surface area contributed by atoms with Gasteiger partial charge in [0.1, 0.15) is 0 Å². The molecule has 148 valence electrons. The lowest BCUT2D eigenvalue weighted by molar-refractivity contribution is -0.385. The van der Waals surface area contributed by atoms with Gasteiger partial charge in [-0.1, -0.05) is 0 Å². The topological polar surface area (TPSA) is 97.1 Å². The van der Waals surface area contributed by atoms with Gasteiger partial charge in [0.15, 0.2) is 23.0 Å². The number of hydrogen-bond donors (Lipinski definition) is 0. The van der Waals surface area contributed by atoms with Gasteiger partial charge in [-0.2, -0.15) is 0 Å². The number of carbonyl (C=O) groups is 1. The number of benzene rings is 2. The second-order valence-electron chi connectivity index (χ2n) is 5.76. The molecule has 0 aromatic heterocycles. The van der Waals surface area contributed by atoms with E-state index in [0.717, 1.165) is 0 Å². The summed E-state index contributed by atoms with van der Waals surface area (Å²) in [6.45, 7) is 1.65. The average Bonchev–Trinajstić information content (AvgIpc) is 2.71. The van der Waals surface area contributed by atoms with E-state index in [9.17, 15) is 14.9 Å². The van der Waals surface area contributed by atoms with E-state index in [4.69, 9.17) is 18.9 Å². The Morgan fingerprint density at radius 3 is 1.96 bits per heavy atom. The number of nitrogens with zero attached hydrogens (tertiary/aromatic N) is 1. The summed E-state index contributed by atoms with van der Waals surface area (Å²) in [5.74, 6) is 1.11. The molecule has 2 rings (SSSR count). The van der Waals surface area contributed by atoms with Crippen LogP contribution >= 0.6 is 0 Å². The molecular weight excluding hydrogens is 366 g/mol. The van der Waals surface area contributed by atoms with Crippen molar-refractivity contribution in [1.82, 2.24) is 0 Å². The number of carbonyl (C=O) groups excluding carboxylic acids is 1. The smallest absolute Gasteiger partial charge is 0.310 e. The highest BCUT2D eigenvalue weighted by atomic mass is 16.6. The largest absolute Gasteiger partial charge is 0.493 e. The highest BCUT2D eigenvalue weighted by Gasteiger charge is 2.19. The number of nitro benzene ring substituents is 1. The van der Waals surface area contributed by atoms with Crippen molar-refractivity contribution >= 4 is 17.5 Å². The molecule has 0 heterocycles. The van der Waals surface area contributed by atoms with E-state index in [0.29, 0.717) is 28.4 Å². The van der Waals surface area contributed by atoms with E-state index in [1.165, 1.54) is 46.6 Å². The van der Waals surface area contributed by atoms with Gasteiger partial charge in [0.2, 0.25) is 5.75 Å². The summed E-state index contributed by atoms with van der Waals surface area (Å²) in [5.41, 5.74) is 1.17. The molecule has 0 amide bonds. The SMILES string of the molecule is COc1cc(C(=O)/C(C)=C/c2cc(OC)c(OC)c(OC)c2)ccc1[N+](=O)[O-]. The number of hydrogen-bond acceptors (Lipinski definition) is 7.